The molecule has 2 N–H and O–H groups in total. The van der Waals surface area contributed by atoms with Crippen molar-refractivity contribution in [2.45, 2.75) is 13.0 Å². The van der Waals surface area contributed by atoms with Gasteiger partial charge < -0.3 is 15.4 Å². The predicted octanol–water partition coefficient (Wildman–Crippen LogP) is 2.18. The summed E-state index contributed by atoms with van der Waals surface area (Å²) in [5, 5.41) is 13.7. The van der Waals surface area contributed by atoms with Crippen LogP contribution >= 0.6 is 0 Å². The zero-order valence-corrected chi connectivity index (χ0v) is 19.8. The van der Waals surface area contributed by atoms with E-state index in [9.17, 15) is 14.0 Å². The first-order valence-corrected chi connectivity index (χ1v) is 11.4. The minimum Gasteiger partial charge on any atom is -0.376 e. The topological polar surface area (TPSA) is 119 Å². The Morgan fingerprint density at radius 2 is 2.03 bits per heavy atom. The third-order valence-corrected chi connectivity index (χ3v) is 5.84. The van der Waals surface area contributed by atoms with Crippen molar-refractivity contribution in [3.05, 3.63) is 60.6 Å². The first-order chi connectivity index (χ1) is 17.4. The average molecular weight is 493 g/mol. The van der Waals surface area contributed by atoms with E-state index in [1.165, 1.54) is 35.1 Å². The molecule has 1 aromatic carbocycles. The summed E-state index contributed by atoms with van der Waals surface area (Å²) in [5.41, 5.74) is 2.47. The molecule has 2 amide bonds. The molecule has 1 aliphatic rings. The molecule has 0 bridgehead atoms. The molecule has 0 spiro atoms. The van der Waals surface area contributed by atoms with Gasteiger partial charge in [-0.25, -0.2) is 8.91 Å². The second-order valence-corrected chi connectivity index (χ2v) is 8.68. The van der Waals surface area contributed by atoms with E-state index < -0.39 is 11.7 Å². The van der Waals surface area contributed by atoms with Crippen LogP contribution in [0.2, 0.25) is 0 Å². The number of benzene rings is 1. The summed E-state index contributed by atoms with van der Waals surface area (Å²) in [5.74, 6) is -1.41. The molecule has 3 aromatic heterocycles. The van der Waals surface area contributed by atoms with Gasteiger partial charge in [-0.15, -0.1) is 0 Å². The number of hydrogen-bond acceptors (Lipinski definition) is 7. The van der Waals surface area contributed by atoms with E-state index in [0.717, 1.165) is 5.56 Å². The van der Waals surface area contributed by atoms with Crippen LogP contribution in [0.4, 0.5) is 15.8 Å². The summed E-state index contributed by atoms with van der Waals surface area (Å²) in [6.07, 6.45) is 8.18. The van der Waals surface area contributed by atoms with Crippen LogP contribution in [-0.2, 0) is 16.6 Å². The number of carbonyl (C=O) groups excluding carboxylic acids is 2. The minimum atomic E-state index is -0.628. The van der Waals surface area contributed by atoms with Crippen LogP contribution in [0.3, 0.4) is 0 Å². The molecular weight excluding hydrogens is 467 g/mol. The normalized spacial score (nSPS) is 16.2. The lowest BCUT2D eigenvalue weighted by Crippen LogP contribution is -2.44. The molecule has 4 aromatic rings. The Morgan fingerprint density at radius 3 is 2.81 bits per heavy atom. The van der Waals surface area contributed by atoms with Crippen LogP contribution in [0.15, 0.2) is 49.2 Å². The maximum atomic E-state index is 14.5. The highest BCUT2D eigenvalue weighted by Crippen LogP contribution is 2.22. The number of rotatable bonds is 6. The van der Waals surface area contributed by atoms with Gasteiger partial charge in [0.1, 0.15) is 5.82 Å². The molecule has 0 radical (unpaired) electrons. The second-order valence-electron chi connectivity index (χ2n) is 8.68. The van der Waals surface area contributed by atoms with E-state index in [-0.39, 0.29) is 29.8 Å². The number of fused-ring (bicyclic) bond motifs is 1. The van der Waals surface area contributed by atoms with E-state index in [4.69, 9.17) is 4.74 Å². The second kappa shape index (κ2) is 9.84. The highest BCUT2D eigenvalue weighted by Gasteiger charge is 2.20. The van der Waals surface area contributed by atoms with Crippen molar-refractivity contribution in [3.63, 3.8) is 0 Å². The van der Waals surface area contributed by atoms with Crippen molar-refractivity contribution in [1.82, 2.24) is 29.3 Å². The summed E-state index contributed by atoms with van der Waals surface area (Å²) in [7, 11) is 1.81. The molecule has 1 fully saturated rings. The average Bonchev–Trinajstić information content (AvgIpc) is 3.47. The first kappa shape index (κ1) is 23.6. The van der Waals surface area contributed by atoms with Gasteiger partial charge in [0, 0.05) is 37.6 Å². The number of halogens is 1. The third kappa shape index (κ3) is 5.09. The molecule has 5 rings (SSSR count). The van der Waals surface area contributed by atoms with Gasteiger partial charge >= 0.3 is 0 Å². The maximum absolute atomic E-state index is 14.5. The molecule has 0 unspecified atom stereocenters. The Kier molecular flexibility index (Phi) is 6.44. The number of ether oxygens (including phenoxy) is 1. The SMILES string of the molecule is C[C@@H]1CN(CC(=O)Nc2ccc(F)c(NC(=O)c3cnn4cc(-c5cnn(C)c5)ncc34)c2)CCO1. The predicted molar refractivity (Wildman–Crippen MR) is 130 cm³/mol. The molecule has 1 saturated heterocycles. The Morgan fingerprint density at radius 1 is 1.17 bits per heavy atom. The molecule has 186 valence electrons. The van der Waals surface area contributed by atoms with Crippen LogP contribution in [0.25, 0.3) is 16.8 Å². The van der Waals surface area contributed by atoms with Gasteiger partial charge in [-0.3, -0.25) is 24.2 Å². The standard InChI is InChI=1S/C24H25FN8O3/c1-15-11-32(5-6-36-15)14-23(34)29-17-3-4-19(25)20(7-17)30-24(35)18-9-28-33-13-21(26-10-22(18)33)16-8-27-31(2)12-16/h3-4,7-10,12-13,15H,5-6,11,14H2,1-2H3,(H,29,34)(H,30,35)/t15-/m1/s1. The molecule has 1 aliphatic heterocycles. The highest BCUT2D eigenvalue weighted by molar-refractivity contribution is 6.09. The fraction of sp³-hybridized carbons (Fsp3) is 0.292. The van der Waals surface area contributed by atoms with Gasteiger partial charge in [0.05, 0.1) is 66.5 Å². The van der Waals surface area contributed by atoms with E-state index in [2.05, 4.69) is 25.8 Å². The van der Waals surface area contributed by atoms with E-state index in [1.54, 1.807) is 17.1 Å². The summed E-state index contributed by atoms with van der Waals surface area (Å²) < 4.78 is 23.2. The lowest BCUT2D eigenvalue weighted by Gasteiger charge is -2.30. The van der Waals surface area contributed by atoms with Crippen molar-refractivity contribution in [2.75, 3.05) is 36.9 Å². The Balaban J connectivity index is 1.28. The van der Waals surface area contributed by atoms with Gasteiger partial charge in [0.25, 0.3) is 5.91 Å². The highest BCUT2D eigenvalue weighted by atomic mass is 19.1. The van der Waals surface area contributed by atoms with E-state index >= 15 is 0 Å². The van der Waals surface area contributed by atoms with Crippen LogP contribution in [0.1, 0.15) is 17.3 Å². The number of morpholine rings is 1. The van der Waals surface area contributed by atoms with Gasteiger partial charge in [0.2, 0.25) is 5.91 Å². The minimum absolute atomic E-state index is 0.0583. The van der Waals surface area contributed by atoms with E-state index in [1.807, 2.05) is 25.1 Å². The van der Waals surface area contributed by atoms with Crippen molar-refractivity contribution in [2.24, 2.45) is 7.05 Å². The molecule has 36 heavy (non-hydrogen) atoms. The fourth-order valence-corrected chi connectivity index (χ4v) is 4.09. The lowest BCUT2D eigenvalue weighted by molar-refractivity contribution is -0.119. The Hall–Kier alpha value is -4.16. The van der Waals surface area contributed by atoms with Crippen LogP contribution in [0, 0.1) is 5.82 Å². The van der Waals surface area contributed by atoms with Crippen LogP contribution in [0.5, 0.6) is 0 Å². The number of nitrogens with one attached hydrogen (secondary N) is 2. The van der Waals surface area contributed by atoms with E-state index in [0.29, 0.717) is 36.6 Å². The van der Waals surface area contributed by atoms with Crippen LogP contribution < -0.4 is 10.6 Å². The van der Waals surface area contributed by atoms with Crippen molar-refractivity contribution < 1.29 is 18.7 Å². The largest absolute Gasteiger partial charge is 0.376 e. The summed E-state index contributed by atoms with van der Waals surface area (Å²) in [4.78, 5) is 31.8. The third-order valence-electron chi connectivity index (χ3n) is 5.84. The maximum Gasteiger partial charge on any atom is 0.259 e. The molecule has 4 heterocycles. The lowest BCUT2D eigenvalue weighted by atomic mass is 10.2. The quantitative estimate of drug-likeness (QED) is 0.424. The molecule has 0 saturated carbocycles. The Labute approximate surface area is 205 Å². The monoisotopic (exact) mass is 492 g/mol. The van der Waals surface area contributed by atoms with Gasteiger partial charge in [0.15, 0.2) is 0 Å². The smallest absolute Gasteiger partial charge is 0.259 e. The number of hydrogen-bond donors (Lipinski definition) is 2. The number of nitrogens with zero attached hydrogens (tertiary/aromatic N) is 6. The molecular formula is C24H25FN8O3. The molecule has 1 atom stereocenters. The summed E-state index contributed by atoms with van der Waals surface area (Å²) >= 11 is 0. The first-order valence-electron chi connectivity index (χ1n) is 11.4. The molecule has 11 nitrogen and oxygen atoms in total. The zero-order chi connectivity index (χ0) is 25.2. The van der Waals surface area contributed by atoms with Gasteiger partial charge in [-0.1, -0.05) is 0 Å². The van der Waals surface area contributed by atoms with Gasteiger partial charge in [-0.05, 0) is 25.1 Å². The number of aryl methyl sites for hydroxylation is 1. The zero-order valence-electron chi connectivity index (χ0n) is 19.8. The number of amides is 2. The number of carbonyl (C=O) groups is 2. The molecule has 0 aliphatic carbocycles. The fourth-order valence-electron chi connectivity index (χ4n) is 4.09. The van der Waals surface area contributed by atoms with Gasteiger partial charge in [-0.2, -0.15) is 10.2 Å². The Bertz CT molecular complexity index is 1430. The number of anilines is 2. The van der Waals surface area contributed by atoms with Crippen molar-refractivity contribution in [3.8, 4) is 11.3 Å². The van der Waals surface area contributed by atoms with Crippen molar-refractivity contribution in [1.29, 1.82) is 0 Å². The molecule has 12 heteroatoms. The number of aromatic nitrogens is 5. The summed E-state index contributed by atoms with van der Waals surface area (Å²) in [6.45, 7) is 4.06. The summed E-state index contributed by atoms with van der Waals surface area (Å²) in [6, 6.07) is 4.03. The van der Waals surface area contributed by atoms with Crippen LogP contribution in [-0.4, -0.2) is 73.4 Å². The van der Waals surface area contributed by atoms with Crippen molar-refractivity contribution >= 4 is 28.7 Å².